The Morgan fingerprint density at radius 3 is 2.74 bits per heavy atom. The molecule has 194 valence electrons. The number of hydrogen-bond acceptors (Lipinski definition) is 6. The van der Waals surface area contributed by atoms with Crippen molar-refractivity contribution in [1.29, 1.82) is 0 Å². The van der Waals surface area contributed by atoms with E-state index in [-0.39, 0.29) is 17.7 Å². The number of Topliss-reactive ketones (excluding diaryl/α,β-unsaturated/α-hetero) is 1. The number of amides is 1. The lowest BCUT2D eigenvalue weighted by Gasteiger charge is -2.32. The van der Waals surface area contributed by atoms with E-state index in [1.807, 2.05) is 41.9 Å². The van der Waals surface area contributed by atoms with E-state index in [1.165, 1.54) is 12.4 Å². The third-order valence-electron chi connectivity index (χ3n) is 7.11. The molecule has 0 radical (unpaired) electrons. The van der Waals surface area contributed by atoms with E-state index in [2.05, 4.69) is 16.5 Å². The summed E-state index contributed by atoms with van der Waals surface area (Å²) in [6, 6.07) is 13.3. The SMILES string of the molecule is C=CC(=O)N1CCC[C@@H](n2nc(-c3ccc(CCC(=O)c4cc(Cl)ccc4C)cc3)c3c(N)ncnc32)C1. The van der Waals surface area contributed by atoms with Crippen LogP contribution < -0.4 is 5.73 Å². The molecule has 2 aromatic heterocycles. The molecular formula is C29H29ClN6O2. The molecule has 9 heteroatoms. The van der Waals surface area contributed by atoms with Gasteiger partial charge in [0.05, 0.1) is 11.4 Å². The van der Waals surface area contributed by atoms with Crippen molar-refractivity contribution in [3.05, 3.63) is 83.2 Å². The molecule has 1 amide bonds. The average molecular weight is 529 g/mol. The van der Waals surface area contributed by atoms with E-state index < -0.39 is 0 Å². The molecule has 1 aliphatic rings. The quantitative estimate of drug-likeness (QED) is 0.261. The number of likely N-dealkylation sites (tertiary alicyclic amines) is 1. The first-order valence-corrected chi connectivity index (χ1v) is 13.0. The van der Waals surface area contributed by atoms with Crippen molar-refractivity contribution in [1.82, 2.24) is 24.6 Å². The summed E-state index contributed by atoms with van der Waals surface area (Å²) in [4.78, 5) is 35.5. The Bertz CT molecular complexity index is 1530. The number of aryl methyl sites for hydroxylation is 2. The number of nitrogen functional groups attached to an aromatic ring is 1. The number of hydrogen-bond donors (Lipinski definition) is 1. The Labute approximate surface area is 226 Å². The van der Waals surface area contributed by atoms with Gasteiger partial charge in [-0.2, -0.15) is 5.10 Å². The van der Waals surface area contributed by atoms with Crippen molar-refractivity contribution in [3.8, 4) is 11.3 Å². The van der Waals surface area contributed by atoms with Crippen molar-refractivity contribution in [2.75, 3.05) is 18.8 Å². The van der Waals surface area contributed by atoms with Gasteiger partial charge in [0, 0.05) is 35.7 Å². The summed E-state index contributed by atoms with van der Waals surface area (Å²) in [6.45, 7) is 6.76. The van der Waals surface area contributed by atoms with Crippen molar-refractivity contribution in [3.63, 3.8) is 0 Å². The Balaban J connectivity index is 1.39. The number of carbonyl (C=O) groups excluding carboxylic acids is 2. The van der Waals surface area contributed by atoms with Gasteiger partial charge in [0.2, 0.25) is 5.91 Å². The molecule has 0 saturated carbocycles. The second kappa shape index (κ2) is 10.8. The average Bonchev–Trinajstić information content (AvgIpc) is 3.34. The number of nitrogens with zero attached hydrogens (tertiary/aromatic N) is 5. The summed E-state index contributed by atoms with van der Waals surface area (Å²) in [7, 11) is 0. The second-order valence-corrected chi connectivity index (χ2v) is 10.1. The van der Waals surface area contributed by atoms with Gasteiger partial charge in [0.1, 0.15) is 17.8 Å². The highest BCUT2D eigenvalue weighted by Crippen LogP contribution is 2.34. The van der Waals surface area contributed by atoms with E-state index in [9.17, 15) is 9.59 Å². The number of halogens is 1. The topological polar surface area (TPSA) is 107 Å². The lowest BCUT2D eigenvalue weighted by atomic mass is 9.98. The van der Waals surface area contributed by atoms with Crippen LogP contribution in [0.15, 0.2) is 61.4 Å². The van der Waals surface area contributed by atoms with E-state index in [0.717, 1.165) is 29.5 Å². The minimum Gasteiger partial charge on any atom is -0.383 e. The predicted octanol–water partition coefficient (Wildman–Crippen LogP) is 5.20. The van der Waals surface area contributed by atoms with Crippen molar-refractivity contribution < 1.29 is 9.59 Å². The first kappa shape index (κ1) is 25.6. The second-order valence-electron chi connectivity index (χ2n) is 9.61. The van der Waals surface area contributed by atoms with E-state index in [1.54, 1.807) is 17.0 Å². The van der Waals surface area contributed by atoms with Crippen molar-refractivity contribution in [2.24, 2.45) is 0 Å². The predicted molar refractivity (Wildman–Crippen MR) is 149 cm³/mol. The molecule has 2 N–H and O–H groups in total. The summed E-state index contributed by atoms with van der Waals surface area (Å²) in [6.07, 6.45) is 5.53. The van der Waals surface area contributed by atoms with E-state index in [0.29, 0.717) is 59.1 Å². The third-order valence-corrected chi connectivity index (χ3v) is 7.35. The number of carbonyl (C=O) groups is 2. The summed E-state index contributed by atoms with van der Waals surface area (Å²) >= 11 is 6.09. The number of aromatic nitrogens is 4. The first-order valence-electron chi connectivity index (χ1n) is 12.6. The molecule has 2 aromatic carbocycles. The summed E-state index contributed by atoms with van der Waals surface area (Å²) in [5, 5.41) is 6.18. The minimum absolute atomic E-state index is 0.0292. The molecule has 0 spiro atoms. The maximum Gasteiger partial charge on any atom is 0.246 e. The zero-order valence-corrected chi connectivity index (χ0v) is 22.0. The monoisotopic (exact) mass is 528 g/mol. The molecule has 1 saturated heterocycles. The van der Waals surface area contributed by atoms with Gasteiger partial charge in [-0.1, -0.05) is 48.5 Å². The van der Waals surface area contributed by atoms with Crippen LogP contribution in [0.1, 0.15) is 46.8 Å². The largest absolute Gasteiger partial charge is 0.383 e. The zero-order chi connectivity index (χ0) is 26.8. The molecule has 8 nitrogen and oxygen atoms in total. The lowest BCUT2D eigenvalue weighted by Crippen LogP contribution is -2.40. The third kappa shape index (κ3) is 5.04. The fourth-order valence-corrected chi connectivity index (χ4v) is 5.22. The maximum absolute atomic E-state index is 12.8. The summed E-state index contributed by atoms with van der Waals surface area (Å²) < 4.78 is 1.88. The number of piperidine rings is 1. The van der Waals surface area contributed by atoms with Gasteiger partial charge in [0.25, 0.3) is 0 Å². The van der Waals surface area contributed by atoms with E-state index in [4.69, 9.17) is 22.4 Å². The Hall–Kier alpha value is -4.04. The molecule has 1 aliphatic heterocycles. The fourth-order valence-electron chi connectivity index (χ4n) is 5.05. The number of benzene rings is 2. The number of nitrogens with two attached hydrogens (primary N) is 1. The summed E-state index contributed by atoms with van der Waals surface area (Å²) in [5.41, 5.74) is 11.2. The standard InChI is InChI=1S/C29H29ClN6O2/c1-3-25(38)35-14-4-5-22(16-35)36-29-26(28(31)32-17-33-29)27(34-36)20-10-7-19(8-11-20)9-13-24(37)23-15-21(30)12-6-18(23)2/h3,6-8,10-12,15,17,22H,1,4-5,9,13-14,16H2,2H3,(H2,31,32,33)/t22-/m1/s1. The van der Waals surface area contributed by atoms with Gasteiger partial charge in [0.15, 0.2) is 11.4 Å². The Kier molecular flexibility index (Phi) is 7.24. The normalized spacial score (nSPS) is 15.5. The number of ketones is 1. The van der Waals surface area contributed by atoms with Crippen LogP contribution in [0.25, 0.3) is 22.3 Å². The van der Waals surface area contributed by atoms with Crippen LogP contribution in [0.2, 0.25) is 5.02 Å². The van der Waals surface area contributed by atoms with Crippen LogP contribution in [-0.2, 0) is 11.2 Å². The molecule has 0 unspecified atom stereocenters. The highest BCUT2D eigenvalue weighted by atomic mass is 35.5. The Morgan fingerprint density at radius 2 is 1.97 bits per heavy atom. The number of anilines is 1. The van der Waals surface area contributed by atoms with Gasteiger partial charge in [-0.15, -0.1) is 0 Å². The van der Waals surface area contributed by atoms with E-state index >= 15 is 0 Å². The highest BCUT2D eigenvalue weighted by molar-refractivity contribution is 6.31. The van der Waals surface area contributed by atoms with Crippen LogP contribution in [0, 0.1) is 6.92 Å². The first-order chi connectivity index (χ1) is 18.4. The smallest absolute Gasteiger partial charge is 0.246 e. The van der Waals surface area contributed by atoms with Crippen molar-refractivity contribution in [2.45, 2.75) is 38.6 Å². The van der Waals surface area contributed by atoms with Gasteiger partial charge in [-0.25, -0.2) is 14.6 Å². The molecule has 1 fully saturated rings. The van der Waals surface area contributed by atoms with Crippen LogP contribution in [0.3, 0.4) is 0 Å². The Morgan fingerprint density at radius 1 is 1.18 bits per heavy atom. The maximum atomic E-state index is 12.8. The minimum atomic E-state index is -0.0832. The molecule has 0 aliphatic carbocycles. The van der Waals surface area contributed by atoms with Crippen LogP contribution in [-0.4, -0.2) is 49.4 Å². The van der Waals surface area contributed by atoms with Crippen LogP contribution >= 0.6 is 11.6 Å². The number of fused-ring (bicyclic) bond motifs is 1. The molecule has 5 rings (SSSR count). The molecule has 1 atom stereocenters. The van der Waals surface area contributed by atoms with Gasteiger partial charge >= 0.3 is 0 Å². The van der Waals surface area contributed by atoms with Gasteiger partial charge < -0.3 is 10.6 Å². The molecule has 4 aromatic rings. The molecule has 38 heavy (non-hydrogen) atoms. The van der Waals surface area contributed by atoms with Gasteiger partial charge in [-0.3, -0.25) is 9.59 Å². The molecule has 3 heterocycles. The van der Waals surface area contributed by atoms with Gasteiger partial charge in [-0.05, 0) is 55.5 Å². The zero-order valence-electron chi connectivity index (χ0n) is 21.2. The highest BCUT2D eigenvalue weighted by Gasteiger charge is 2.28. The molecular weight excluding hydrogens is 500 g/mol. The van der Waals surface area contributed by atoms with Crippen LogP contribution in [0.5, 0.6) is 0 Å². The van der Waals surface area contributed by atoms with Crippen molar-refractivity contribution >= 4 is 40.1 Å². The van der Waals surface area contributed by atoms with Crippen LogP contribution in [0.4, 0.5) is 5.82 Å². The fraction of sp³-hybridized carbons (Fsp3) is 0.276. The molecule has 0 bridgehead atoms. The number of rotatable bonds is 7. The lowest BCUT2D eigenvalue weighted by molar-refractivity contribution is -0.127. The summed E-state index contributed by atoms with van der Waals surface area (Å²) in [5.74, 6) is 0.345.